The van der Waals surface area contributed by atoms with E-state index in [1.165, 1.54) is 14.2 Å². The van der Waals surface area contributed by atoms with Crippen LogP contribution in [0.5, 0.6) is 11.5 Å². The molecule has 8 heteroatoms. The Labute approximate surface area is 188 Å². The number of hydrogen-bond acceptors (Lipinski definition) is 7. The number of allylic oxidation sites excluding steroid dienone is 3. The number of ketones is 1. The van der Waals surface area contributed by atoms with Gasteiger partial charge in [-0.15, -0.1) is 0 Å². The molecule has 3 rings (SSSR count). The summed E-state index contributed by atoms with van der Waals surface area (Å²) in [4.78, 5) is 15.3. The molecule has 31 heavy (non-hydrogen) atoms. The zero-order valence-electron chi connectivity index (χ0n) is 18.5. The normalized spacial score (nSPS) is 20.5. The van der Waals surface area contributed by atoms with Crippen LogP contribution in [0.4, 0.5) is 0 Å². The molecule has 0 amide bonds. The first-order chi connectivity index (χ1) is 14.7. The highest BCUT2D eigenvalue weighted by atomic mass is 35.5. The Bertz CT molecular complexity index is 1010. The summed E-state index contributed by atoms with van der Waals surface area (Å²) in [5.41, 5.74) is 8.55. The van der Waals surface area contributed by atoms with Crippen molar-refractivity contribution in [2.24, 2.45) is 11.1 Å². The monoisotopic (exact) mass is 445 g/mol. The molecule has 0 saturated heterocycles. The second kappa shape index (κ2) is 8.81. The molecule has 0 radical (unpaired) electrons. The average molecular weight is 446 g/mol. The highest BCUT2D eigenvalue weighted by Crippen LogP contribution is 2.51. The van der Waals surface area contributed by atoms with Crippen LogP contribution in [0.3, 0.4) is 0 Å². The van der Waals surface area contributed by atoms with Crippen molar-refractivity contribution < 1.29 is 19.0 Å². The molecule has 1 aliphatic carbocycles. The van der Waals surface area contributed by atoms with Crippen molar-refractivity contribution in [2.45, 2.75) is 32.6 Å². The van der Waals surface area contributed by atoms with Crippen molar-refractivity contribution in [3.8, 4) is 17.6 Å². The third kappa shape index (κ3) is 4.10. The van der Waals surface area contributed by atoms with Crippen LogP contribution < -0.4 is 15.2 Å². The number of hydrogen-bond donors (Lipinski definition) is 1. The molecule has 1 heterocycles. The van der Waals surface area contributed by atoms with Gasteiger partial charge in [-0.3, -0.25) is 4.79 Å². The maximum atomic E-state index is 13.4. The summed E-state index contributed by atoms with van der Waals surface area (Å²) >= 11 is 6.62. The summed E-state index contributed by atoms with van der Waals surface area (Å²) < 4.78 is 16.0. The summed E-state index contributed by atoms with van der Waals surface area (Å²) in [7, 11) is 4.65. The van der Waals surface area contributed by atoms with Crippen LogP contribution in [0.15, 0.2) is 34.8 Å². The molecule has 0 fully saturated rings. The number of carbonyl (C=O) groups excluding carboxylic acids is 1. The molecule has 0 bridgehead atoms. The smallest absolute Gasteiger partial charge is 0.162 e. The lowest BCUT2D eigenvalue weighted by Crippen LogP contribution is -2.43. The van der Waals surface area contributed by atoms with E-state index in [0.717, 1.165) is 5.70 Å². The standard InChI is InChI=1S/C23H28ClN3O4/c1-23(2)10-16-21(17(28)11-23)20(14(12-25)22(26)27(16)6-7-29-3)13-8-18(30-4)19(31-5)9-15(13)24/h8-9,20H,6-7,10-11,26H2,1-5H3/t20-/m1/s1. The van der Waals surface area contributed by atoms with Crippen LogP contribution >= 0.6 is 11.6 Å². The molecular formula is C23H28ClN3O4. The van der Waals surface area contributed by atoms with Gasteiger partial charge in [0.2, 0.25) is 0 Å². The first-order valence-electron chi connectivity index (χ1n) is 10.0. The Morgan fingerprint density at radius 2 is 1.87 bits per heavy atom. The van der Waals surface area contributed by atoms with Gasteiger partial charge in [-0.05, 0) is 23.5 Å². The minimum absolute atomic E-state index is 0.00947. The highest BCUT2D eigenvalue weighted by Gasteiger charge is 2.44. The lowest BCUT2D eigenvalue weighted by Gasteiger charge is -2.44. The quantitative estimate of drug-likeness (QED) is 0.712. The first-order valence-corrected chi connectivity index (χ1v) is 10.4. The van der Waals surface area contributed by atoms with Gasteiger partial charge in [-0.25, -0.2) is 0 Å². The average Bonchev–Trinajstić information content (AvgIpc) is 2.71. The molecule has 0 spiro atoms. The molecule has 1 aliphatic heterocycles. The van der Waals surface area contributed by atoms with E-state index in [-0.39, 0.29) is 16.8 Å². The minimum Gasteiger partial charge on any atom is -0.493 e. The molecule has 7 nitrogen and oxygen atoms in total. The number of benzene rings is 1. The molecule has 0 aromatic heterocycles. The molecule has 1 atom stereocenters. The van der Waals surface area contributed by atoms with Crippen LogP contribution in [0.25, 0.3) is 0 Å². The summed E-state index contributed by atoms with van der Waals surface area (Å²) in [5, 5.41) is 10.4. The van der Waals surface area contributed by atoms with E-state index in [4.69, 9.17) is 31.5 Å². The van der Waals surface area contributed by atoms with Gasteiger partial charge in [0.25, 0.3) is 0 Å². The molecule has 1 aromatic rings. The second-order valence-corrected chi connectivity index (χ2v) is 8.93. The third-order valence-electron chi connectivity index (χ3n) is 5.82. The second-order valence-electron chi connectivity index (χ2n) is 8.52. The predicted octanol–water partition coefficient (Wildman–Crippen LogP) is 3.74. The van der Waals surface area contributed by atoms with Gasteiger partial charge in [-0.1, -0.05) is 25.4 Å². The highest BCUT2D eigenvalue weighted by molar-refractivity contribution is 6.31. The SMILES string of the molecule is COCCN1C(N)=C(C#N)[C@@H](c2cc(OC)c(OC)cc2Cl)C2=C1CC(C)(C)CC2=O. The molecule has 0 unspecified atom stereocenters. The largest absolute Gasteiger partial charge is 0.493 e. The lowest BCUT2D eigenvalue weighted by molar-refractivity contribution is -0.118. The van der Waals surface area contributed by atoms with Crippen molar-refractivity contribution in [3.63, 3.8) is 0 Å². The van der Waals surface area contributed by atoms with Crippen LogP contribution in [-0.2, 0) is 9.53 Å². The number of Topliss-reactive ketones (excluding diaryl/α,β-unsaturated/α-hetero) is 1. The number of carbonyl (C=O) groups is 1. The molecule has 0 saturated carbocycles. The van der Waals surface area contributed by atoms with Crippen molar-refractivity contribution in [2.75, 3.05) is 34.5 Å². The zero-order valence-corrected chi connectivity index (χ0v) is 19.3. The molecule has 166 valence electrons. The molecule has 1 aromatic carbocycles. The van der Waals surface area contributed by atoms with E-state index in [9.17, 15) is 10.1 Å². The van der Waals surface area contributed by atoms with E-state index in [0.29, 0.717) is 59.5 Å². The number of nitriles is 1. The van der Waals surface area contributed by atoms with Crippen LogP contribution in [0.1, 0.15) is 38.2 Å². The fourth-order valence-electron chi connectivity index (χ4n) is 4.42. The van der Waals surface area contributed by atoms with E-state index >= 15 is 0 Å². The summed E-state index contributed by atoms with van der Waals surface area (Å²) in [6, 6.07) is 5.59. The van der Waals surface area contributed by atoms with Crippen LogP contribution in [0, 0.1) is 16.7 Å². The number of halogens is 1. The number of rotatable bonds is 6. The molecule has 2 N–H and O–H groups in total. The Balaban J connectivity index is 2.28. The Morgan fingerprint density at radius 1 is 1.23 bits per heavy atom. The maximum Gasteiger partial charge on any atom is 0.162 e. The Hall–Kier alpha value is -2.69. The first kappa shape index (κ1) is 23.0. The number of nitrogens with two attached hydrogens (primary N) is 1. The van der Waals surface area contributed by atoms with Crippen LogP contribution in [-0.4, -0.2) is 45.2 Å². The third-order valence-corrected chi connectivity index (χ3v) is 6.15. The maximum absolute atomic E-state index is 13.4. The van der Waals surface area contributed by atoms with E-state index in [2.05, 4.69) is 19.9 Å². The lowest BCUT2D eigenvalue weighted by atomic mass is 9.68. The van der Waals surface area contributed by atoms with Crippen LogP contribution in [0.2, 0.25) is 5.02 Å². The van der Waals surface area contributed by atoms with Crippen molar-refractivity contribution in [1.29, 1.82) is 5.26 Å². The topological polar surface area (TPSA) is 97.8 Å². The van der Waals surface area contributed by atoms with Gasteiger partial charge in [0, 0.05) is 42.4 Å². The zero-order chi connectivity index (χ0) is 22.9. The summed E-state index contributed by atoms with van der Waals surface area (Å²) in [5.74, 6) is 0.568. The Morgan fingerprint density at radius 3 is 2.45 bits per heavy atom. The van der Waals surface area contributed by atoms with Gasteiger partial charge >= 0.3 is 0 Å². The fourth-order valence-corrected chi connectivity index (χ4v) is 4.68. The number of nitrogens with zero attached hydrogens (tertiary/aromatic N) is 2. The van der Waals surface area contributed by atoms with Gasteiger partial charge < -0.3 is 24.8 Å². The number of methoxy groups -OCH3 is 3. The van der Waals surface area contributed by atoms with E-state index in [1.54, 1.807) is 19.2 Å². The van der Waals surface area contributed by atoms with Crippen molar-refractivity contribution in [1.82, 2.24) is 4.90 Å². The van der Waals surface area contributed by atoms with E-state index in [1.807, 2.05) is 4.90 Å². The van der Waals surface area contributed by atoms with Crippen molar-refractivity contribution in [3.05, 3.63) is 45.4 Å². The van der Waals surface area contributed by atoms with E-state index < -0.39 is 5.92 Å². The predicted molar refractivity (Wildman–Crippen MR) is 118 cm³/mol. The minimum atomic E-state index is -0.672. The fraction of sp³-hybridized carbons (Fsp3) is 0.478. The van der Waals surface area contributed by atoms with Gasteiger partial charge in [0.05, 0.1) is 38.4 Å². The molecular weight excluding hydrogens is 418 g/mol. The van der Waals surface area contributed by atoms with Gasteiger partial charge in [-0.2, -0.15) is 5.26 Å². The molecule has 2 aliphatic rings. The van der Waals surface area contributed by atoms with Gasteiger partial charge in [0.1, 0.15) is 5.82 Å². The van der Waals surface area contributed by atoms with Crippen molar-refractivity contribution >= 4 is 17.4 Å². The summed E-state index contributed by atoms with van der Waals surface area (Å²) in [6.07, 6.45) is 1.03. The Kier molecular flexibility index (Phi) is 6.54. The summed E-state index contributed by atoms with van der Waals surface area (Å²) in [6.45, 7) is 4.97. The van der Waals surface area contributed by atoms with Gasteiger partial charge in [0.15, 0.2) is 17.3 Å². The number of ether oxygens (including phenoxy) is 3.